The Morgan fingerprint density at radius 2 is 2.05 bits per heavy atom. The van der Waals surface area contributed by atoms with Crippen molar-refractivity contribution in [3.05, 3.63) is 29.8 Å². The zero-order valence-corrected chi connectivity index (χ0v) is 12.1. The number of nitrogens with zero attached hydrogens (tertiary/aromatic N) is 1. The molecule has 1 aromatic rings. The van der Waals surface area contributed by atoms with E-state index in [9.17, 15) is 13.2 Å². The minimum atomic E-state index is -3.68. The summed E-state index contributed by atoms with van der Waals surface area (Å²) in [6, 6.07) is 6.62. The summed E-state index contributed by atoms with van der Waals surface area (Å²) in [5.74, 6) is -0.307. The van der Waals surface area contributed by atoms with Gasteiger partial charge >= 0.3 is 0 Å². The summed E-state index contributed by atoms with van der Waals surface area (Å²) in [6.07, 6.45) is 1.23. The number of benzene rings is 1. The van der Waals surface area contributed by atoms with Crippen LogP contribution in [0.4, 0.5) is 0 Å². The zero-order valence-electron chi connectivity index (χ0n) is 11.2. The third-order valence-corrected chi connectivity index (χ3v) is 6.39. The van der Waals surface area contributed by atoms with Gasteiger partial charge in [0.05, 0.1) is 4.90 Å². The molecule has 3 rings (SSSR count). The average molecular weight is 295 g/mol. The molecule has 0 bridgehead atoms. The number of piperidine rings is 1. The maximum Gasteiger partial charge on any atom is 0.243 e. The molecule has 1 N–H and O–H groups in total. The van der Waals surface area contributed by atoms with Crippen molar-refractivity contribution in [1.82, 2.24) is 4.31 Å². The van der Waals surface area contributed by atoms with E-state index in [0.29, 0.717) is 19.4 Å². The van der Waals surface area contributed by atoms with Gasteiger partial charge in [0.25, 0.3) is 0 Å². The van der Waals surface area contributed by atoms with Crippen molar-refractivity contribution in [3.8, 4) is 0 Å². The Labute approximate surface area is 118 Å². The second kappa shape index (κ2) is 4.38. The number of hydrogen-bond acceptors (Lipinski definition) is 4. The Hall–Kier alpha value is -1.24. The normalized spacial score (nSPS) is 29.2. The molecular weight excluding hydrogens is 278 g/mol. The van der Waals surface area contributed by atoms with Gasteiger partial charge in [-0.25, -0.2) is 8.42 Å². The van der Waals surface area contributed by atoms with E-state index in [1.807, 2.05) is 6.92 Å². The van der Waals surface area contributed by atoms with E-state index in [-0.39, 0.29) is 16.6 Å². The Kier molecular flexibility index (Phi) is 3.00. The zero-order chi connectivity index (χ0) is 14.5. The highest BCUT2D eigenvalue weighted by Crippen LogP contribution is 2.57. The van der Waals surface area contributed by atoms with Crippen LogP contribution in [0.3, 0.4) is 0 Å². The summed E-state index contributed by atoms with van der Waals surface area (Å²) in [5, 5.41) is 9.11. The lowest BCUT2D eigenvalue weighted by molar-refractivity contribution is -0.126. The Morgan fingerprint density at radius 3 is 2.60 bits per heavy atom. The van der Waals surface area contributed by atoms with E-state index in [2.05, 4.69) is 0 Å². The number of aliphatic hydroxyl groups is 1. The number of aliphatic hydroxyl groups excluding tert-OH is 1. The van der Waals surface area contributed by atoms with Crippen molar-refractivity contribution >= 4 is 15.8 Å². The molecule has 1 saturated carbocycles. The van der Waals surface area contributed by atoms with Gasteiger partial charge in [-0.1, -0.05) is 17.7 Å². The first-order chi connectivity index (χ1) is 9.42. The van der Waals surface area contributed by atoms with Crippen LogP contribution in [0, 0.1) is 12.8 Å². The molecule has 1 aromatic carbocycles. The van der Waals surface area contributed by atoms with Crippen LogP contribution in [0.15, 0.2) is 29.2 Å². The van der Waals surface area contributed by atoms with E-state index in [0.717, 1.165) is 5.56 Å². The largest absolute Gasteiger partial charge is 0.389 e. The minimum absolute atomic E-state index is 0.0716. The molecule has 108 valence electrons. The van der Waals surface area contributed by atoms with Gasteiger partial charge < -0.3 is 5.11 Å². The lowest BCUT2D eigenvalue weighted by Gasteiger charge is -2.26. The lowest BCUT2D eigenvalue weighted by atomic mass is 10.1. The van der Waals surface area contributed by atoms with Crippen LogP contribution >= 0.6 is 0 Å². The van der Waals surface area contributed by atoms with Gasteiger partial charge in [-0.15, -0.1) is 0 Å². The summed E-state index contributed by atoms with van der Waals surface area (Å²) >= 11 is 0. The predicted molar refractivity (Wildman–Crippen MR) is 72.6 cm³/mol. The maximum absolute atomic E-state index is 12.7. The maximum atomic E-state index is 12.7. The van der Waals surface area contributed by atoms with E-state index in [4.69, 9.17) is 5.11 Å². The molecule has 1 saturated heterocycles. The highest BCUT2D eigenvalue weighted by Gasteiger charge is 2.69. The van der Waals surface area contributed by atoms with Gasteiger partial charge in [0.1, 0.15) is 12.1 Å². The number of hydrogen-bond donors (Lipinski definition) is 1. The highest BCUT2D eigenvalue weighted by molar-refractivity contribution is 7.89. The third kappa shape index (κ3) is 1.75. The van der Waals surface area contributed by atoms with Gasteiger partial charge in [0.15, 0.2) is 5.78 Å². The molecule has 1 aliphatic carbocycles. The smallest absolute Gasteiger partial charge is 0.243 e. The second-order valence-electron chi connectivity index (χ2n) is 5.59. The Bertz CT molecular complexity index is 652. The molecule has 0 unspecified atom stereocenters. The van der Waals surface area contributed by atoms with E-state index in [1.54, 1.807) is 24.3 Å². The van der Waals surface area contributed by atoms with Crippen LogP contribution in [0.25, 0.3) is 0 Å². The molecule has 20 heavy (non-hydrogen) atoms. The van der Waals surface area contributed by atoms with Crippen LogP contribution in [-0.2, 0) is 14.8 Å². The van der Waals surface area contributed by atoms with Crippen molar-refractivity contribution in [3.63, 3.8) is 0 Å². The number of aryl methyl sites for hydroxylation is 1. The molecule has 2 fully saturated rings. The minimum Gasteiger partial charge on any atom is -0.389 e. The van der Waals surface area contributed by atoms with E-state index < -0.39 is 22.2 Å². The van der Waals surface area contributed by atoms with Crippen LogP contribution in [0.1, 0.15) is 18.4 Å². The molecule has 0 amide bonds. The lowest BCUT2D eigenvalue weighted by Crippen LogP contribution is -2.46. The van der Waals surface area contributed by atoms with Crippen LogP contribution in [0.5, 0.6) is 0 Å². The Morgan fingerprint density at radius 1 is 1.40 bits per heavy atom. The van der Waals surface area contributed by atoms with Gasteiger partial charge in [-0.05, 0) is 37.8 Å². The number of ketones is 1. The third-order valence-electron chi connectivity index (χ3n) is 4.43. The quantitative estimate of drug-likeness (QED) is 0.887. The summed E-state index contributed by atoms with van der Waals surface area (Å²) in [6.45, 7) is 1.64. The van der Waals surface area contributed by atoms with Gasteiger partial charge in [0, 0.05) is 6.54 Å². The summed E-state index contributed by atoms with van der Waals surface area (Å²) in [5.41, 5.74) is 0.00850. The van der Waals surface area contributed by atoms with Crippen molar-refractivity contribution in [2.24, 2.45) is 5.92 Å². The molecule has 6 heteroatoms. The van der Waals surface area contributed by atoms with E-state index in [1.165, 1.54) is 4.31 Å². The number of fused-ring (bicyclic) bond motifs is 1. The molecule has 1 aliphatic heterocycles. The van der Waals surface area contributed by atoms with Crippen molar-refractivity contribution in [2.45, 2.75) is 30.2 Å². The number of rotatable bonds is 4. The van der Waals surface area contributed by atoms with Crippen molar-refractivity contribution in [2.75, 3.05) is 13.2 Å². The van der Waals surface area contributed by atoms with Crippen molar-refractivity contribution in [1.29, 1.82) is 0 Å². The monoisotopic (exact) mass is 295 g/mol. The highest BCUT2D eigenvalue weighted by atomic mass is 32.2. The summed E-state index contributed by atoms with van der Waals surface area (Å²) in [4.78, 5) is 12.2. The molecule has 0 aromatic heterocycles. The summed E-state index contributed by atoms with van der Waals surface area (Å²) in [7, 11) is -3.68. The number of sulfonamides is 1. The van der Waals surface area contributed by atoms with Gasteiger partial charge in [0.2, 0.25) is 10.0 Å². The molecule has 0 radical (unpaired) electrons. The molecule has 0 spiro atoms. The average Bonchev–Trinajstić information content (AvgIpc) is 3.03. The molecule has 2 atom stereocenters. The number of Topliss-reactive ketones (excluding diaryl/α,β-unsaturated/α-hetero) is 1. The first-order valence-corrected chi connectivity index (χ1v) is 8.10. The van der Waals surface area contributed by atoms with Crippen LogP contribution in [-0.4, -0.2) is 42.3 Å². The first-order valence-electron chi connectivity index (χ1n) is 6.66. The second-order valence-corrected chi connectivity index (χ2v) is 7.45. The molecule has 1 heterocycles. The number of carbonyl (C=O) groups is 1. The Balaban J connectivity index is 2.00. The van der Waals surface area contributed by atoms with Gasteiger partial charge in [-0.2, -0.15) is 4.31 Å². The number of carbonyl (C=O) groups excluding carboxylic acids is 1. The first kappa shape index (κ1) is 13.7. The fourth-order valence-corrected chi connectivity index (χ4v) is 5.06. The summed E-state index contributed by atoms with van der Waals surface area (Å²) < 4.78 is 26.7. The predicted octanol–water partition coefficient (Wildman–Crippen LogP) is 0.710. The molecule has 2 aliphatic rings. The topological polar surface area (TPSA) is 74.7 Å². The van der Waals surface area contributed by atoms with E-state index >= 15 is 0 Å². The van der Waals surface area contributed by atoms with Crippen LogP contribution in [0.2, 0.25) is 0 Å². The van der Waals surface area contributed by atoms with Gasteiger partial charge in [-0.3, -0.25) is 4.79 Å². The van der Waals surface area contributed by atoms with Crippen molar-refractivity contribution < 1.29 is 18.3 Å². The standard InChI is InChI=1S/C14H17NO4S/c1-10-2-4-12(5-3-10)20(18,19)15-7-6-11-8-14(11,15)13(17)9-16/h2-5,11,16H,6-9H2,1H3/t11-,14+/m1/s1. The molecular formula is C14H17NO4S. The fraction of sp³-hybridized carbons (Fsp3) is 0.500. The molecule has 5 nitrogen and oxygen atoms in total. The fourth-order valence-electron chi connectivity index (χ4n) is 3.23. The van der Waals surface area contributed by atoms with Crippen LogP contribution < -0.4 is 0 Å². The SMILES string of the molecule is Cc1ccc(S(=O)(=O)N2CC[C@@H]3C[C@@]32C(=O)CO)cc1.